The Labute approximate surface area is 133 Å². The molecule has 120 valence electrons. The van der Waals surface area contributed by atoms with Crippen molar-refractivity contribution >= 4 is 11.3 Å². The van der Waals surface area contributed by atoms with Crippen molar-refractivity contribution in [1.82, 2.24) is 15.5 Å². The molecule has 0 aromatic carbocycles. The lowest BCUT2D eigenvalue weighted by atomic mass is 9.80. The lowest BCUT2D eigenvalue weighted by Gasteiger charge is -2.26. The van der Waals surface area contributed by atoms with E-state index < -0.39 is 0 Å². The van der Waals surface area contributed by atoms with Crippen molar-refractivity contribution in [3.63, 3.8) is 0 Å². The van der Waals surface area contributed by atoms with Gasteiger partial charge in [0.15, 0.2) is 0 Å². The fourth-order valence-corrected chi connectivity index (χ4v) is 4.27. The van der Waals surface area contributed by atoms with Gasteiger partial charge < -0.3 is 5.32 Å². The highest BCUT2D eigenvalue weighted by Crippen LogP contribution is 2.39. The van der Waals surface area contributed by atoms with Crippen LogP contribution in [0.15, 0.2) is 0 Å². The highest BCUT2D eigenvalue weighted by Gasteiger charge is 2.25. The van der Waals surface area contributed by atoms with Crippen molar-refractivity contribution < 1.29 is 0 Å². The number of nitrogens with one attached hydrogen (secondary N) is 1. The van der Waals surface area contributed by atoms with Crippen molar-refractivity contribution in [2.45, 2.75) is 84.1 Å². The molecule has 1 aromatic rings. The molecule has 0 saturated heterocycles. The summed E-state index contributed by atoms with van der Waals surface area (Å²) in [7, 11) is 0. The summed E-state index contributed by atoms with van der Waals surface area (Å²) >= 11 is 1.83. The number of rotatable bonds is 8. The molecule has 4 heteroatoms. The number of aromatic nitrogens is 2. The zero-order chi connectivity index (χ0) is 15.1. The predicted octanol–water partition coefficient (Wildman–Crippen LogP) is 5.06. The summed E-state index contributed by atoms with van der Waals surface area (Å²) in [5.41, 5.74) is 0. The normalized spacial score (nSPS) is 24.1. The van der Waals surface area contributed by atoms with Crippen LogP contribution < -0.4 is 5.32 Å². The van der Waals surface area contributed by atoms with Gasteiger partial charge in [0.2, 0.25) is 0 Å². The third-order valence-corrected chi connectivity index (χ3v) is 5.96. The molecule has 0 amide bonds. The van der Waals surface area contributed by atoms with Crippen LogP contribution in [-0.4, -0.2) is 16.7 Å². The minimum absolute atomic E-state index is 0.345. The Balaban J connectivity index is 1.82. The summed E-state index contributed by atoms with van der Waals surface area (Å²) in [6.07, 6.45) is 10.8. The third-order valence-electron chi connectivity index (χ3n) is 4.69. The maximum atomic E-state index is 4.48. The van der Waals surface area contributed by atoms with Crippen molar-refractivity contribution in [1.29, 1.82) is 0 Å². The van der Waals surface area contributed by atoms with Crippen LogP contribution in [0.4, 0.5) is 0 Å². The van der Waals surface area contributed by atoms with E-state index in [2.05, 4.69) is 36.3 Å². The Kier molecular flexibility index (Phi) is 7.11. The molecule has 1 aliphatic carbocycles. The van der Waals surface area contributed by atoms with Gasteiger partial charge >= 0.3 is 0 Å². The van der Waals surface area contributed by atoms with Gasteiger partial charge in [0.05, 0.1) is 6.04 Å². The van der Waals surface area contributed by atoms with Gasteiger partial charge in [-0.1, -0.05) is 44.4 Å². The number of unbranched alkanes of at least 4 members (excludes halogenated alkanes) is 1. The van der Waals surface area contributed by atoms with Gasteiger partial charge in [-0.3, -0.25) is 0 Å². The molecule has 21 heavy (non-hydrogen) atoms. The van der Waals surface area contributed by atoms with Crippen LogP contribution in [-0.2, 0) is 0 Å². The molecule has 1 unspecified atom stereocenters. The maximum absolute atomic E-state index is 4.48. The molecule has 1 fully saturated rings. The zero-order valence-corrected chi connectivity index (χ0v) is 14.7. The van der Waals surface area contributed by atoms with Crippen molar-refractivity contribution in [3.8, 4) is 0 Å². The maximum Gasteiger partial charge on any atom is 0.134 e. The highest BCUT2D eigenvalue weighted by molar-refractivity contribution is 7.11. The first-order chi connectivity index (χ1) is 10.2. The SMILES string of the molecule is CCCCC1CCC(c2nnc(C(C)NCCC)s2)CC1. The first-order valence-electron chi connectivity index (χ1n) is 8.81. The number of nitrogens with zero attached hydrogens (tertiary/aromatic N) is 2. The first-order valence-corrected chi connectivity index (χ1v) is 9.62. The van der Waals surface area contributed by atoms with Crippen LogP contribution in [0.5, 0.6) is 0 Å². The molecule has 0 aliphatic heterocycles. The van der Waals surface area contributed by atoms with Crippen molar-refractivity contribution in [3.05, 3.63) is 10.0 Å². The van der Waals surface area contributed by atoms with Crippen LogP contribution in [0.25, 0.3) is 0 Å². The lowest BCUT2D eigenvalue weighted by molar-refractivity contribution is 0.303. The largest absolute Gasteiger partial charge is 0.308 e. The van der Waals surface area contributed by atoms with E-state index >= 15 is 0 Å². The van der Waals surface area contributed by atoms with Crippen LogP contribution >= 0.6 is 11.3 Å². The summed E-state index contributed by atoms with van der Waals surface area (Å²) < 4.78 is 0. The van der Waals surface area contributed by atoms with Crippen LogP contribution in [0.2, 0.25) is 0 Å². The summed E-state index contributed by atoms with van der Waals surface area (Å²) in [5, 5.41) is 14.8. The van der Waals surface area contributed by atoms with E-state index in [0.717, 1.165) is 23.9 Å². The highest BCUT2D eigenvalue weighted by atomic mass is 32.1. The Morgan fingerprint density at radius 3 is 2.57 bits per heavy atom. The monoisotopic (exact) mass is 309 g/mol. The third kappa shape index (κ3) is 5.03. The second-order valence-corrected chi connectivity index (χ2v) is 7.55. The minimum atomic E-state index is 0.345. The molecule has 1 heterocycles. The first kappa shape index (κ1) is 16.9. The smallest absolute Gasteiger partial charge is 0.134 e. The average Bonchev–Trinajstić information content (AvgIpc) is 3.01. The van der Waals surface area contributed by atoms with Gasteiger partial charge in [-0.25, -0.2) is 0 Å². The fraction of sp³-hybridized carbons (Fsp3) is 0.882. The quantitative estimate of drug-likeness (QED) is 0.729. The van der Waals surface area contributed by atoms with Gasteiger partial charge in [0, 0.05) is 5.92 Å². The predicted molar refractivity (Wildman–Crippen MR) is 90.8 cm³/mol. The van der Waals surface area contributed by atoms with E-state index in [0.29, 0.717) is 12.0 Å². The zero-order valence-electron chi connectivity index (χ0n) is 13.9. The molecule has 1 saturated carbocycles. The molecule has 0 spiro atoms. The van der Waals surface area contributed by atoms with E-state index in [-0.39, 0.29) is 0 Å². The Hall–Kier alpha value is -0.480. The van der Waals surface area contributed by atoms with E-state index in [1.165, 1.54) is 50.0 Å². The molecule has 3 nitrogen and oxygen atoms in total. The average molecular weight is 310 g/mol. The van der Waals surface area contributed by atoms with Gasteiger partial charge in [0.25, 0.3) is 0 Å². The van der Waals surface area contributed by atoms with Crippen molar-refractivity contribution in [2.75, 3.05) is 6.54 Å². The Morgan fingerprint density at radius 2 is 1.90 bits per heavy atom. The molecular formula is C17H31N3S. The fourth-order valence-electron chi connectivity index (χ4n) is 3.23. The molecule has 1 aromatic heterocycles. The molecule has 1 aliphatic rings. The summed E-state index contributed by atoms with van der Waals surface area (Å²) in [4.78, 5) is 0. The summed E-state index contributed by atoms with van der Waals surface area (Å²) in [6, 6.07) is 0.345. The molecule has 2 rings (SSSR count). The van der Waals surface area contributed by atoms with Crippen LogP contribution in [0.3, 0.4) is 0 Å². The van der Waals surface area contributed by atoms with Gasteiger partial charge in [0.1, 0.15) is 10.0 Å². The minimum Gasteiger partial charge on any atom is -0.308 e. The standard InChI is InChI=1S/C17H31N3S/c1-4-6-7-14-8-10-15(11-9-14)17-20-19-16(21-17)13(3)18-12-5-2/h13-15,18H,4-12H2,1-3H3. The Bertz CT molecular complexity index is 396. The van der Waals surface area contributed by atoms with Crippen LogP contribution in [0, 0.1) is 5.92 Å². The van der Waals surface area contributed by atoms with Gasteiger partial charge in [-0.15, -0.1) is 10.2 Å². The molecule has 0 bridgehead atoms. The van der Waals surface area contributed by atoms with Gasteiger partial charge in [-0.2, -0.15) is 0 Å². The molecule has 0 radical (unpaired) electrons. The molecular weight excluding hydrogens is 278 g/mol. The molecule has 1 atom stereocenters. The summed E-state index contributed by atoms with van der Waals surface area (Å²) in [5.74, 6) is 1.64. The van der Waals surface area contributed by atoms with Gasteiger partial charge in [-0.05, 0) is 51.5 Å². The van der Waals surface area contributed by atoms with E-state index in [9.17, 15) is 0 Å². The summed E-state index contributed by atoms with van der Waals surface area (Å²) in [6.45, 7) is 7.74. The second-order valence-electron chi connectivity index (χ2n) is 6.51. The second kappa shape index (κ2) is 8.84. The Morgan fingerprint density at radius 1 is 1.14 bits per heavy atom. The molecule has 1 N–H and O–H groups in total. The number of hydrogen-bond donors (Lipinski definition) is 1. The van der Waals surface area contributed by atoms with Crippen molar-refractivity contribution in [2.24, 2.45) is 5.92 Å². The van der Waals surface area contributed by atoms with E-state index in [1.54, 1.807) is 0 Å². The number of hydrogen-bond acceptors (Lipinski definition) is 4. The van der Waals surface area contributed by atoms with E-state index in [1.807, 2.05) is 11.3 Å². The van der Waals surface area contributed by atoms with Crippen LogP contribution in [0.1, 0.15) is 94.1 Å². The lowest BCUT2D eigenvalue weighted by Crippen LogP contribution is -2.19. The topological polar surface area (TPSA) is 37.8 Å². The van der Waals surface area contributed by atoms with E-state index in [4.69, 9.17) is 0 Å².